The van der Waals surface area contributed by atoms with E-state index in [-0.39, 0.29) is 11.8 Å². The van der Waals surface area contributed by atoms with Gasteiger partial charge in [0.1, 0.15) is 11.6 Å². The third kappa shape index (κ3) is 3.77. The van der Waals surface area contributed by atoms with Crippen LogP contribution < -0.4 is 0 Å². The van der Waals surface area contributed by atoms with E-state index >= 15 is 0 Å². The van der Waals surface area contributed by atoms with E-state index in [1.165, 1.54) is 0 Å². The first kappa shape index (κ1) is 18.2. The molecule has 8 nitrogen and oxygen atoms in total. The maximum Gasteiger partial charge on any atom is 0.255 e. The summed E-state index contributed by atoms with van der Waals surface area (Å²) in [7, 11) is 2.04. The van der Waals surface area contributed by atoms with Gasteiger partial charge in [-0.15, -0.1) is 10.2 Å². The fourth-order valence-electron chi connectivity index (χ4n) is 4.05. The topological polar surface area (TPSA) is 79.3 Å². The van der Waals surface area contributed by atoms with Crippen LogP contribution in [0.25, 0.3) is 0 Å². The Bertz CT molecular complexity index is 792. The summed E-state index contributed by atoms with van der Waals surface area (Å²) in [5.41, 5.74) is 1.69. The highest BCUT2D eigenvalue weighted by molar-refractivity contribution is 5.95. The molecule has 8 heteroatoms. The van der Waals surface area contributed by atoms with Crippen molar-refractivity contribution in [2.45, 2.75) is 32.2 Å². The van der Waals surface area contributed by atoms with Crippen molar-refractivity contribution in [2.75, 3.05) is 39.4 Å². The number of likely N-dealkylation sites (tertiary alicyclic amines) is 1. The molecule has 0 bridgehead atoms. The number of piperidine rings is 1. The molecule has 1 unspecified atom stereocenters. The van der Waals surface area contributed by atoms with Gasteiger partial charge >= 0.3 is 0 Å². The Morgan fingerprint density at radius 3 is 2.85 bits per heavy atom. The smallest absolute Gasteiger partial charge is 0.255 e. The van der Waals surface area contributed by atoms with Crippen LogP contribution in [0.5, 0.6) is 0 Å². The minimum absolute atomic E-state index is 0.106. The summed E-state index contributed by atoms with van der Waals surface area (Å²) in [4.78, 5) is 20.3. The van der Waals surface area contributed by atoms with Crippen LogP contribution in [0, 0.1) is 6.92 Å². The van der Waals surface area contributed by atoms with Crippen molar-refractivity contribution in [1.82, 2.24) is 29.5 Å². The number of aromatic amines is 1. The fraction of sp³-hybridized carbons (Fsp3) is 0.632. The number of morpholine rings is 1. The number of hydrogen-bond donors (Lipinski definition) is 1. The molecule has 27 heavy (non-hydrogen) atoms. The lowest BCUT2D eigenvalue weighted by molar-refractivity contribution is 0.0326. The van der Waals surface area contributed by atoms with Gasteiger partial charge < -0.3 is 19.2 Å². The highest BCUT2D eigenvalue weighted by Crippen LogP contribution is 2.27. The van der Waals surface area contributed by atoms with E-state index in [1.54, 1.807) is 0 Å². The molecule has 146 valence electrons. The molecule has 1 amide bonds. The van der Waals surface area contributed by atoms with Gasteiger partial charge in [-0.2, -0.15) is 0 Å². The molecule has 4 rings (SSSR count). The summed E-state index contributed by atoms with van der Waals surface area (Å²) in [6.45, 7) is 7.67. The maximum atomic E-state index is 12.9. The average molecular weight is 372 g/mol. The van der Waals surface area contributed by atoms with Gasteiger partial charge in [0.05, 0.1) is 25.3 Å². The Kier molecular flexibility index (Phi) is 5.27. The highest BCUT2D eigenvalue weighted by atomic mass is 16.5. The van der Waals surface area contributed by atoms with Crippen molar-refractivity contribution in [3.63, 3.8) is 0 Å². The van der Waals surface area contributed by atoms with Crippen LogP contribution in [0.3, 0.4) is 0 Å². The predicted molar refractivity (Wildman–Crippen MR) is 101 cm³/mol. The Balaban J connectivity index is 1.45. The molecule has 2 aliphatic rings. The number of nitrogens with zero attached hydrogens (tertiary/aromatic N) is 5. The second-order valence-electron chi connectivity index (χ2n) is 7.53. The van der Waals surface area contributed by atoms with Crippen LogP contribution in [0.4, 0.5) is 0 Å². The van der Waals surface area contributed by atoms with Gasteiger partial charge in [-0.25, -0.2) is 0 Å². The van der Waals surface area contributed by atoms with Crippen LogP contribution in [0.2, 0.25) is 0 Å². The third-order valence-corrected chi connectivity index (χ3v) is 5.73. The number of H-pyrrole nitrogens is 1. The molecule has 0 saturated carbocycles. The Morgan fingerprint density at radius 1 is 1.30 bits per heavy atom. The van der Waals surface area contributed by atoms with Gasteiger partial charge in [0, 0.05) is 51.0 Å². The van der Waals surface area contributed by atoms with Crippen LogP contribution in [0.15, 0.2) is 12.3 Å². The minimum Gasteiger partial charge on any atom is -0.379 e. The normalized spacial score (nSPS) is 21.6. The highest BCUT2D eigenvalue weighted by Gasteiger charge is 2.29. The Labute approximate surface area is 159 Å². The van der Waals surface area contributed by atoms with Crippen molar-refractivity contribution in [2.24, 2.45) is 7.05 Å². The van der Waals surface area contributed by atoms with E-state index in [4.69, 9.17) is 4.74 Å². The SMILES string of the molecule is Cc1[nH]ccc1C(=O)N1CCCC(c2nnc(CN3CCOCC3)n2C)C1. The van der Waals surface area contributed by atoms with Gasteiger partial charge in [0.15, 0.2) is 0 Å². The largest absolute Gasteiger partial charge is 0.379 e. The minimum atomic E-state index is 0.106. The number of nitrogens with one attached hydrogen (secondary N) is 1. The molecule has 2 aromatic heterocycles. The standard InChI is InChI=1S/C19H28N6O2/c1-14-16(5-6-20-14)19(26)25-7-3-4-15(12-25)18-22-21-17(23(18)2)13-24-8-10-27-11-9-24/h5-6,15,20H,3-4,7-13H2,1-2H3. The lowest BCUT2D eigenvalue weighted by Gasteiger charge is -2.32. The van der Waals surface area contributed by atoms with Crippen molar-refractivity contribution in [3.05, 3.63) is 35.2 Å². The van der Waals surface area contributed by atoms with Crippen LogP contribution in [-0.2, 0) is 18.3 Å². The van der Waals surface area contributed by atoms with E-state index in [9.17, 15) is 4.79 Å². The lowest BCUT2D eigenvalue weighted by Crippen LogP contribution is -2.40. The molecule has 4 heterocycles. The predicted octanol–water partition coefficient (Wildman–Crippen LogP) is 1.30. The first-order valence-electron chi connectivity index (χ1n) is 9.75. The monoisotopic (exact) mass is 372 g/mol. The summed E-state index contributed by atoms with van der Waals surface area (Å²) in [6, 6.07) is 1.87. The third-order valence-electron chi connectivity index (χ3n) is 5.73. The molecule has 0 aromatic carbocycles. The molecule has 0 spiro atoms. The van der Waals surface area contributed by atoms with Gasteiger partial charge in [-0.05, 0) is 25.8 Å². The zero-order chi connectivity index (χ0) is 18.8. The van der Waals surface area contributed by atoms with Crippen LogP contribution in [0.1, 0.15) is 46.5 Å². The summed E-state index contributed by atoms with van der Waals surface area (Å²) in [5, 5.41) is 8.93. The molecule has 2 aromatic rings. The van der Waals surface area contributed by atoms with Gasteiger partial charge in [-0.3, -0.25) is 9.69 Å². The van der Waals surface area contributed by atoms with E-state index in [0.29, 0.717) is 6.54 Å². The molecule has 1 atom stereocenters. The maximum absolute atomic E-state index is 12.9. The van der Waals surface area contributed by atoms with E-state index in [2.05, 4.69) is 24.6 Å². The van der Waals surface area contributed by atoms with Crippen molar-refractivity contribution in [1.29, 1.82) is 0 Å². The summed E-state index contributed by atoms with van der Waals surface area (Å²) >= 11 is 0. The molecular formula is C19H28N6O2. The molecule has 2 aliphatic heterocycles. The lowest BCUT2D eigenvalue weighted by atomic mass is 9.96. The van der Waals surface area contributed by atoms with E-state index in [0.717, 1.165) is 75.1 Å². The van der Waals surface area contributed by atoms with Crippen LogP contribution in [-0.4, -0.2) is 74.8 Å². The Morgan fingerprint density at radius 2 is 2.11 bits per heavy atom. The van der Waals surface area contributed by atoms with Crippen molar-refractivity contribution >= 4 is 5.91 Å². The van der Waals surface area contributed by atoms with Gasteiger partial charge in [0.25, 0.3) is 5.91 Å². The number of hydrogen-bond acceptors (Lipinski definition) is 5. The zero-order valence-corrected chi connectivity index (χ0v) is 16.1. The first-order chi connectivity index (χ1) is 13.1. The fourth-order valence-corrected chi connectivity index (χ4v) is 4.05. The van der Waals surface area contributed by atoms with E-state index in [1.807, 2.05) is 31.1 Å². The molecule has 2 saturated heterocycles. The number of carbonyl (C=O) groups is 1. The molecule has 1 N–H and O–H groups in total. The van der Waals surface area contributed by atoms with Crippen molar-refractivity contribution in [3.8, 4) is 0 Å². The second kappa shape index (κ2) is 7.82. The average Bonchev–Trinajstić information content (AvgIpc) is 3.28. The van der Waals surface area contributed by atoms with Gasteiger partial charge in [0.2, 0.25) is 0 Å². The quantitative estimate of drug-likeness (QED) is 0.875. The number of amides is 1. The van der Waals surface area contributed by atoms with Crippen molar-refractivity contribution < 1.29 is 9.53 Å². The van der Waals surface area contributed by atoms with E-state index < -0.39 is 0 Å². The summed E-state index contributed by atoms with van der Waals surface area (Å²) in [6.07, 6.45) is 3.86. The number of aromatic nitrogens is 4. The number of carbonyl (C=O) groups excluding carboxylic acids is 1. The Hall–Kier alpha value is -2.19. The zero-order valence-electron chi connectivity index (χ0n) is 16.1. The number of ether oxygens (including phenoxy) is 1. The van der Waals surface area contributed by atoms with Crippen LogP contribution >= 0.6 is 0 Å². The second-order valence-corrected chi connectivity index (χ2v) is 7.53. The number of aryl methyl sites for hydroxylation is 1. The molecule has 2 fully saturated rings. The summed E-state index contributed by atoms with van der Waals surface area (Å²) in [5.74, 6) is 2.31. The molecule has 0 aliphatic carbocycles. The number of rotatable bonds is 4. The first-order valence-corrected chi connectivity index (χ1v) is 9.75. The summed E-state index contributed by atoms with van der Waals surface area (Å²) < 4.78 is 7.54. The van der Waals surface area contributed by atoms with Gasteiger partial charge in [-0.1, -0.05) is 0 Å². The molecule has 0 radical (unpaired) electrons. The molecular weight excluding hydrogens is 344 g/mol.